The Bertz CT molecular complexity index is 990. The molecular weight excluding hydrogens is 1090 g/mol. The normalized spacial score (nSPS) is 10.7. The van der Waals surface area contributed by atoms with Gasteiger partial charge in [-0.05, 0) is 25.7 Å². The minimum Gasteiger partial charge on any atom is -0.481 e. The van der Waals surface area contributed by atoms with Crippen LogP contribution in [0.2, 0.25) is 0 Å². The first-order chi connectivity index (χ1) is 39.1. The predicted octanol–water partition coefficient (Wildman–Crippen LogP) is 25.3. The van der Waals surface area contributed by atoms with Crippen molar-refractivity contribution in [2.24, 2.45) is 0 Å². The summed E-state index contributed by atoms with van der Waals surface area (Å²) in [6.07, 6.45) is 80.8. The van der Waals surface area contributed by atoms with Crippen LogP contribution in [0.25, 0.3) is 0 Å². The smallest absolute Gasteiger partial charge is 0.303 e. The van der Waals surface area contributed by atoms with Gasteiger partial charge in [-0.25, -0.2) is 0 Å². The summed E-state index contributed by atoms with van der Waals surface area (Å²) in [6, 6.07) is 0. The second-order valence-corrected chi connectivity index (χ2v) is 24.4. The van der Waals surface area contributed by atoms with E-state index in [1.165, 1.54) is 334 Å². The molecule has 0 saturated carbocycles. The van der Waals surface area contributed by atoms with Gasteiger partial charge >= 0.3 is 23.9 Å². The number of unbranched alkanes of at least 4 members (excludes halogenated alkanes) is 56. The second-order valence-electron chi connectivity index (χ2n) is 24.4. The van der Waals surface area contributed by atoms with Gasteiger partial charge in [0.25, 0.3) is 0 Å². The summed E-state index contributed by atoms with van der Waals surface area (Å²) in [5.74, 6) is -2.61. The van der Waals surface area contributed by atoms with Crippen LogP contribution in [0.3, 0.4) is 0 Å². The summed E-state index contributed by atoms with van der Waals surface area (Å²) in [5, 5.41) is 34.1. The first-order valence-electron chi connectivity index (χ1n) is 36.0. The van der Waals surface area contributed by atoms with Gasteiger partial charge in [0.05, 0.1) is 0 Å². The van der Waals surface area contributed by atoms with E-state index >= 15 is 0 Å². The summed E-state index contributed by atoms with van der Waals surface area (Å²) < 4.78 is 0. The molecule has 0 radical (unpaired) electrons. The molecule has 0 aromatic carbocycles. The number of rotatable bonds is 64. The molecule has 0 aromatic rings. The first kappa shape index (κ1) is 88.3. The van der Waals surface area contributed by atoms with Crippen LogP contribution in [-0.2, 0) is 40.2 Å². The third-order valence-electron chi connectivity index (χ3n) is 16.0. The topological polar surface area (TPSA) is 149 Å². The van der Waals surface area contributed by atoms with Gasteiger partial charge < -0.3 is 20.4 Å². The molecule has 0 aliphatic carbocycles. The van der Waals surface area contributed by atoms with E-state index in [9.17, 15) is 19.2 Å². The number of hydrogen-bond acceptors (Lipinski definition) is 4. The number of carboxylic acid groups (broad SMARTS) is 4. The van der Waals surface area contributed by atoms with Crippen molar-refractivity contribution in [3.63, 3.8) is 0 Å². The van der Waals surface area contributed by atoms with Crippen LogP contribution < -0.4 is 0 Å². The monoisotopic (exact) mass is 1230 g/mol. The summed E-state index contributed by atoms with van der Waals surface area (Å²) in [6.45, 7) is 9.08. The Hall–Kier alpha value is -1.43. The molecule has 0 unspecified atom stereocenters. The van der Waals surface area contributed by atoms with E-state index in [0.717, 1.165) is 51.4 Å². The van der Waals surface area contributed by atoms with Gasteiger partial charge in [-0.3, -0.25) is 19.2 Å². The van der Waals surface area contributed by atoms with E-state index in [2.05, 4.69) is 27.7 Å². The molecule has 8 nitrogen and oxygen atoms in total. The molecule has 0 aliphatic rings. The fraction of sp³-hybridized carbons (Fsp3) is 0.944. The van der Waals surface area contributed by atoms with Gasteiger partial charge in [-0.15, -0.1) is 0 Å². The molecule has 0 atom stereocenters. The number of hydrogen-bond donors (Lipinski definition) is 4. The summed E-state index contributed by atoms with van der Waals surface area (Å²) in [4.78, 5) is 41.3. The van der Waals surface area contributed by atoms with E-state index in [0.29, 0.717) is 25.7 Å². The van der Waals surface area contributed by atoms with E-state index in [1.807, 2.05) is 0 Å². The van der Waals surface area contributed by atoms with Gasteiger partial charge in [0.15, 0.2) is 0 Å². The molecule has 0 amide bonds. The predicted molar refractivity (Wildman–Crippen MR) is 349 cm³/mol. The average Bonchev–Trinajstić information content (AvgIpc) is 3.43. The molecule has 0 rings (SSSR count). The molecule has 0 bridgehead atoms. The Kier molecular flexibility index (Phi) is 92.7. The van der Waals surface area contributed by atoms with Gasteiger partial charge in [-0.2, -0.15) is 0 Å². The van der Waals surface area contributed by atoms with Gasteiger partial charge in [-0.1, -0.05) is 387 Å². The van der Waals surface area contributed by atoms with Crippen LogP contribution in [0, 0.1) is 0 Å². The molecule has 81 heavy (non-hydrogen) atoms. The van der Waals surface area contributed by atoms with Crippen LogP contribution >= 0.6 is 0 Å². The number of carboxylic acids is 4. The maximum absolute atomic E-state index is 10.3. The fourth-order valence-electron chi connectivity index (χ4n) is 10.6. The van der Waals surface area contributed by atoms with Crippen LogP contribution in [0.4, 0.5) is 0 Å². The Balaban J connectivity index is -0.000000316. The van der Waals surface area contributed by atoms with Gasteiger partial charge in [0, 0.05) is 46.7 Å². The Morgan fingerprint density at radius 3 is 0.309 bits per heavy atom. The molecule has 0 aromatic heterocycles. The molecular formula is C72H144MoO8. The zero-order valence-corrected chi connectivity index (χ0v) is 57.1. The summed E-state index contributed by atoms with van der Waals surface area (Å²) in [7, 11) is 0. The van der Waals surface area contributed by atoms with E-state index in [-0.39, 0.29) is 21.1 Å². The van der Waals surface area contributed by atoms with Crippen LogP contribution in [0.5, 0.6) is 0 Å². The maximum atomic E-state index is 10.3. The third-order valence-corrected chi connectivity index (χ3v) is 16.0. The minimum atomic E-state index is -0.653. The maximum Gasteiger partial charge on any atom is 0.303 e. The summed E-state index contributed by atoms with van der Waals surface area (Å²) >= 11 is 0. The number of aliphatic carboxylic acids is 4. The quantitative estimate of drug-likeness (QED) is 0.0347. The minimum absolute atomic E-state index is 0. The Morgan fingerprint density at radius 2 is 0.235 bits per heavy atom. The molecule has 4 N–H and O–H groups in total. The van der Waals surface area contributed by atoms with Crippen molar-refractivity contribution in [1.29, 1.82) is 0 Å². The number of carbonyl (C=O) groups is 4. The molecule has 0 spiro atoms. The van der Waals surface area contributed by atoms with E-state index in [4.69, 9.17) is 20.4 Å². The van der Waals surface area contributed by atoms with E-state index in [1.54, 1.807) is 0 Å². The van der Waals surface area contributed by atoms with Crippen LogP contribution in [0.1, 0.15) is 439 Å². The zero-order valence-electron chi connectivity index (χ0n) is 55.1. The fourth-order valence-corrected chi connectivity index (χ4v) is 10.6. The second kappa shape index (κ2) is 85.0. The van der Waals surface area contributed by atoms with Gasteiger partial charge in [0.1, 0.15) is 0 Å². The Morgan fingerprint density at radius 1 is 0.160 bits per heavy atom. The largest absolute Gasteiger partial charge is 0.481 e. The van der Waals surface area contributed by atoms with E-state index < -0.39 is 23.9 Å². The van der Waals surface area contributed by atoms with Crippen molar-refractivity contribution in [3.05, 3.63) is 0 Å². The SMILES string of the molecule is CCCCCCCCCCCCCCCCCC(=O)O.CCCCCCCCCCCCCCCCCC(=O)O.CCCCCCCCCCCCCCCCCC(=O)O.CCCCCCCCCCCCCCCCCC(=O)O.[Mo]. The van der Waals surface area contributed by atoms with Crippen LogP contribution in [0.15, 0.2) is 0 Å². The van der Waals surface area contributed by atoms with Crippen molar-refractivity contribution in [2.45, 2.75) is 439 Å². The first-order valence-corrected chi connectivity index (χ1v) is 36.0. The van der Waals surface area contributed by atoms with Crippen molar-refractivity contribution in [1.82, 2.24) is 0 Å². The summed E-state index contributed by atoms with van der Waals surface area (Å²) in [5.41, 5.74) is 0. The zero-order chi connectivity index (χ0) is 59.6. The van der Waals surface area contributed by atoms with Crippen LogP contribution in [-0.4, -0.2) is 44.3 Å². The average molecular weight is 1230 g/mol. The molecule has 0 aliphatic heterocycles. The third kappa shape index (κ3) is 104. The molecule has 486 valence electrons. The molecule has 9 heteroatoms. The Labute approximate surface area is 520 Å². The van der Waals surface area contributed by atoms with Gasteiger partial charge in [0.2, 0.25) is 0 Å². The van der Waals surface area contributed by atoms with Crippen molar-refractivity contribution < 1.29 is 60.7 Å². The van der Waals surface area contributed by atoms with Crippen molar-refractivity contribution in [2.75, 3.05) is 0 Å². The molecule has 0 heterocycles. The van der Waals surface area contributed by atoms with Crippen molar-refractivity contribution >= 4 is 23.9 Å². The molecule has 0 saturated heterocycles. The molecule has 0 fully saturated rings. The van der Waals surface area contributed by atoms with Crippen molar-refractivity contribution in [3.8, 4) is 0 Å². The standard InChI is InChI=1S/4C18H36O2.Mo/c4*1-2-3-4-5-6-7-8-9-10-11-12-13-14-15-16-17-18(19)20;/h4*2-17H2,1H3,(H,19,20);.